The Morgan fingerprint density at radius 1 is 1.21 bits per heavy atom. The maximum Gasteiger partial charge on any atom is 0.329 e. The molecule has 1 aliphatic heterocycles. The van der Waals surface area contributed by atoms with Crippen molar-refractivity contribution in [2.45, 2.75) is 38.1 Å². The molecule has 0 unspecified atom stereocenters. The third-order valence-corrected chi connectivity index (χ3v) is 7.14. The number of imidazole rings is 1. The molecule has 0 aliphatic carbocycles. The first kappa shape index (κ1) is 20.1. The highest BCUT2D eigenvalue weighted by Gasteiger charge is 2.27. The summed E-state index contributed by atoms with van der Waals surface area (Å²) >= 11 is 3.18. The van der Waals surface area contributed by atoms with Crippen molar-refractivity contribution >= 4 is 40.2 Å². The maximum atomic E-state index is 12.7. The Morgan fingerprint density at radius 2 is 1.93 bits per heavy atom. The first-order valence-corrected chi connectivity index (χ1v) is 11.5. The van der Waals surface area contributed by atoms with Crippen LogP contribution in [0.1, 0.15) is 25.3 Å². The summed E-state index contributed by atoms with van der Waals surface area (Å²) in [6.45, 7) is 8.79. The predicted octanol–water partition coefficient (Wildman–Crippen LogP) is 1.86. The number of hydrogen-bond donors (Lipinski definition) is 1. The van der Waals surface area contributed by atoms with Gasteiger partial charge in [0.25, 0.3) is 5.56 Å². The lowest BCUT2D eigenvalue weighted by molar-refractivity contribution is 0.352. The van der Waals surface area contributed by atoms with Crippen LogP contribution in [0.3, 0.4) is 0 Å². The van der Waals surface area contributed by atoms with Gasteiger partial charge in [0.2, 0.25) is 5.95 Å². The monoisotopic (exact) mass is 435 g/mol. The summed E-state index contributed by atoms with van der Waals surface area (Å²) in [7, 11) is 1.64. The number of aryl methyl sites for hydroxylation is 3. The van der Waals surface area contributed by atoms with Crippen LogP contribution in [0.4, 0.5) is 5.95 Å². The summed E-state index contributed by atoms with van der Waals surface area (Å²) in [6.07, 6.45) is 1.18. The van der Waals surface area contributed by atoms with Crippen LogP contribution in [-0.4, -0.2) is 48.1 Å². The maximum absolute atomic E-state index is 12.7. The summed E-state index contributed by atoms with van der Waals surface area (Å²) in [4.78, 5) is 34.2. The topological polar surface area (TPSA) is 102 Å². The van der Waals surface area contributed by atoms with Gasteiger partial charge in [0.15, 0.2) is 15.5 Å². The molecule has 11 heteroatoms. The second kappa shape index (κ2) is 7.94. The van der Waals surface area contributed by atoms with E-state index in [1.165, 1.54) is 11.0 Å². The minimum Gasteiger partial charge on any atom is -0.342 e. The molecular weight excluding hydrogens is 410 g/mol. The van der Waals surface area contributed by atoms with E-state index in [1.807, 2.05) is 11.5 Å². The molecule has 0 aromatic carbocycles. The SMILES string of the molecule is Cc1nnc(SCCn2c(N3C[C@H](C)C[C@@H](C)C3)nc3c2c(=O)[nH]c(=O)n3C)s1. The molecule has 9 nitrogen and oxygen atoms in total. The Kier molecular flexibility index (Phi) is 5.52. The van der Waals surface area contributed by atoms with Crippen molar-refractivity contribution in [2.24, 2.45) is 18.9 Å². The number of nitrogens with zero attached hydrogens (tertiary/aromatic N) is 6. The number of piperidine rings is 1. The van der Waals surface area contributed by atoms with Gasteiger partial charge < -0.3 is 9.47 Å². The number of H-pyrrole nitrogens is 1. The zero-order chi connectivity index (χ0) is 20.7. The van der Waals surface area contributed by atoms with E-state index in [9.17, 15) is 9.59 Å². The molecule has 0 radical (unpaired) electrons. The molecule has 0 amide bonds. The molecule has 4 rings (SSSR count). The molecule has 2 atom stereocenters. The van der Waals surface area contributed by atoms with Crippen LogP contribution in [0.25, 0.3) is 11.2 Å². The number of rotatable bonds is 5. The van der Waals surface area contributed by atoms with E-state index in [-0.39, 0.29) is 0 Å². The van der Waals surface area contributed by atoms with Crippen molar-refractivity contribution in [1.29, 1.82) is 0 Å². The molecule has 1 N–H and O–H groups in total. The van der Waals surface area contributed by atoms with Crippen molar-refractivity contribution in [1.82, 2.24) is 29.3 Å². The number of fused-ring (bicyclic) bond motifs is 1. The van der Waals surface area contributed by atoms with Crippen molar-refractivity contribution in [2.75, 3.05) is 23.7 Å². The van der Waals surface area contributed by atoms with Gasteiger partial charge in [0.05, 0.1) is 0 Å². The van der Waals surface area contributed by atoms with Gasteiger partial charge in [-0.1, -0.05) is 36.9 Å². The number of aromatic nitrogens is 6. The number of nitrogens with one attached hydrogen (secondary N) is 1. The minimum atomic E-state index is -0.446. The van der Waals surface area contributed by atoms with Gasteiger partial charge in [0.1, 0.15) is 5.01 Å². The average molecular weight is 436 g/mol. The fourth-order valence-electron chi connectivity index (χ4n) is 4.06. The number of aromatic amines is 1. The predicted molar refractivity (Wildman–Crippen MR) is 116 cm³/mol. The average Bonchev–Trinajstić information content (AvgIpc) is 3.23. The zero-order valence-electron chi connectivity index (χ0n) is 17.0. The molecule has 3 aromatic rings. The summed E-state index contributed by atoms with van der Waals surface area (Å²) < 4.78 is 4.28. The standard InChI is InChI=1S/C18H25N7O2S2/c1-10-7-11(2)9-24(8-10)16-19-14-13(15(26)20-17(27)23(14)4)25(16)5-6-28-18-22-21-12(3)29-18/h10-11H,5-9H2,1-4H3,(H,20,26,27)/t10-,11-/m1/s1. The van der Waals surface area contributed by atoms with Gasteiger partial charge in [-0.25, -0.2) is 4.79 Å². The number of hydrogen-bond acceptors (Lipinski definition) is 8. The minimum absolute atomic E-state index is 0.392. The first-order chi connectivity index (χ1) is 13.8. The van der Waals surface area contributed by atoms with Crippen LogP contribution in [0.2, 0.25) is 0 Å². The largest absolute Gasteiger partial charge is 0.342 e. The molecule has 3 aromatic heterocycles. The van der Waals surface area contributed by atoms with Crippen LogP contribution in [0.5, 0.6) is 0 Å². The summed E-state index contributed by atoms with van der Waals surface area (Å²) in [6, 6.07) is 0. The van der Waals surface area contributed by atoms with Crippen LogP contribution >= 0.6 is 23.1 Å². The number of thioether (sulfide) groups is 1. The molecule has 0 bridgehead atoms. The molecule has 156 valence electrons. The third kappa shape index (κ3) is 3.97. The summed E-state index contributed by atoms with van der Waals surface area (Å²) in [5.74, 6) is 2.59. The summed E-state index contributed by atoms with van der Waals surface area (Å²) in [5.41, 5.74) is 0.0351. The normalized spacial score (nSPS) is 19.9. The van der Waals surface area contributed by atoms with Crippen molar-refractivity contribution in [3.63, 3.8) is 0 Å². The van der Waals surface area contributed by atoms with Gasteiger partial charge in [0, 0.05) is 32.4 Å². The fourth-order valence-corrected chi connectivity index (χ4v) is 5.87. The molecule has 29 heavy (non-hydrogen) atoms. The molecule has 0 spiro atoms. The molecule has 0 saturated carbocycles. The van der Waals surface area contributed by atoms with Gasteiger partial charge in [-0.15, -0.1) is 10.2 Å². The number of anilines is 1. The van der Waals surface area contributed by atoms with Crippen LogP contribution in [0.15, 0.2) is 13.9 Å². The van der Waals surface area contributed by atoms with E-state index in [1.54, 1.807) is 30.1 Å². The van der Waals surface area contributed by atoms with E-state index in [0.29, 0.717) is 29.5 Å². The van der Waals surface area contributed by atoms with E-state index in [0.717, 1.165) is 34.1 Å². The zero-order valence-corrected chi connectivity index (χ0v) is 18.6. The molecule has 1 saturated heterocycles. The quantitative estimate of drug-likeness (QED) is 0.610. The molecule has 1 fully saturated rings. The Hall–Kier alpha value is -2.14. The third-order valence-electron chi connectivity index (χ3n) is 5.19. The Bertz CT molecular complexity index is 1140. The highest BCUT2D eigenvalue weighted by molar-refractivity contribution is 8.01. The second-order valence-electron chi connectivity index (χ2n) is 7.84. The van der Waals surface area contributed by atoms with Gasteiger partial charge in [-0.05, 0) is 25.2 Å². The molecule has 1 aliphatic rings. The smallest absolute Gasteiger partial charge is 0.329 e. The van der Waals surface area contributed by atoms with Crippen molar-refractivity contribution in [3.8, 4) is 0 Å². The lowest BCUT2D eigenvalue weighted by Gasteiger charge is -2.35. The first-order valence-electron chi connectivity index (χ1n) is 9.71. The van der Waals surface area contributed by atoms with Crippen molar-refractivity contribution in [3.05, 3.63) is 25.8 Å². The van der Waals surface area contributed by atoms with Gasteiger partial charge >= 0.3 is 5.69 Å². The Balaban J connectivity index is 1.73. The highest BCUT2D eigenvalue weighted by Crippen LogP contribution is 2.29. The summed E-state index contributed by atoms with van der Waals surface area (Å²) in [5, 5.41) is 9.14. The van der Waals surface area contributed by atoms with E-state index >= 15 is 0 Å². The van der Waals surface area contributed by atoms with E-state index in [2.05, 4.69) is 33.9 Å². The van der Waals surface area contributed by atoms with Crippen LogP contribution in [0, 0.1) is 18.8 Å². The van der Waals surface area contributed by atoms with E-state index < -0.39 is 11.2 Å². The highest BCUT2D eigenvalue weighted by atomic mass is 32.2. The van der Waals surface area contributed by atoms with Crippen LogP contribution in [-0.2, 0) is 13.6 Å². The molecule has 4 heterocycles. The van der Waals surface area contributed by atoms with Gasteiger partial charge in [-0.2, -0.15) is 4.98 Å². The van der Waals surface area contributed by atoms with Crippen molar-refractivity contribution < 1.29 is 0 Å². The Labute approximate surface area is 176 Å². The Morgan fingerprint density at radius 3 is 2.59 bits per heavy atom. The second-order valence-corrected chi connectivity index (χ2v) is 10.4. The van der Waals surface area contributed by atoms with Gasteiger partial charge in [-0.3, -0.25) is 14.3 Å². The lowest BCUT2D eigenvalue weighted by Crippen LogP contribution is -2.40. The lowest BCUT2D eigenvalue weighted by atomic mass is 9.92. The molecular formula is C18H25N7O2S2. The van der Waals surface area contributed by atoms with E-state index in [4.69, 9.17) is 4.98 Å². The van der Waals surface area contributed by atoms with Crippen LogP contribution < -0.4 is 16.1 Å². The fraction of sp³-hybridized carbons (Fsp3) is 0.611.